The second-order valence-corrected chi connectivity index (χ2v) is 8.21. The lowest BCUT2D eigenvalue weighted by Gasteiger charge is -2.29. The minimum atomic E-state index is -3.35. The van der Waals surface area contributed by atoms with Crippen molar-refractivity contribution in [1.82, 2.24) is 4.37 Å². The van der Waals surface area contributed by atoms with Gasteiger partial charge in [0.2, 0.25) is 0 Å². The van der Waals surface area contributed by atoms with E-state index in [9.17, 15) is 8.42 Å². The molecule has 0 aromatic carbocycles. The lowest BCUT2D eigenvalue weighted by molar-refractivity contribution is 0.568. The Kier molecular flexibility index (Phi) is 5.20. The van der Waals surface area contributed by atoms with Gasteiger partial charge in [-0.15, -0.1) is 0 Å². The van der Waals surface area contributed by atoms with Crippen LogP contribution >= 0.6 is 11.5 Å². The number of sulfone groups is 1. The van der Waals surface area contributed by atoms with E-state index < -0.39 is 9.84 Å². The number of anilines is 2. The van der Waals surface area contributed by atoms with Crippen LogP contribution in [0.25, 0.3) is 0 Å². The summed E-state index contributed by atoms with van der Waals surface area (Å²) in [5.41, 5.74) is 5.77. The third kappa shape index (κ3) is 3.60. The number of nitrogens with zero attached hydrogens (tertiary/aromatic N) is 2. The zero-order valence-electron chi connectivity index (χ0n) is 12.2. The first-order valence-corrected chi connectivity index (χ1v) is 8.87. The fourth-order valence-corrected chi connectivity index (χ4v) is 4.27. The summed E-state index contributed by atoms with van der Waals surface area (Å²) in [5, 5.41) is 0.669. The van der Waals surface area contributed by atoms with E-state index in [1.807, 2.05) is 13.8 Å². The third-order valence-corrected chi connectivity index (χ3v) is 5.61. The van der Waals surface area contributed by atoms with Crippen molar-refractivity contribution >= 4 is 32.2 Å². The average Bonchev–Trinajstić information content (AvgIpc) is 2.68. The van der Waals surface area contributed by atoms with Gasteiger partial charge in [0.1, 0.15) is 9.90 Å². The van der Waals surface area contributed by atoms with Gasteiger partial charge in [-0.2, -0.15) is 4.37 Å². The van der Waals surface area contributed by atoms with E-state index in [4.69, 9.17) is 5.73 Å². The number of rotatable bonds is 6. The van der Waals surface area contributed by atoms with Crippen molar-refractivity contribution in [3.05, 3.63) is 0 Å². The van der Waals surface area contributed by atoms with Crippen LogP contribution in [0.1, 0.15) is 34.6 Å². The number of nitrogens with two attached hydrogens (primary N) is 1. The molecule has 1 rings (SSSR count). The summed E-state index contributed by atoms with van der Waals surface area (Å²) in [7, 11) is -3.35. The molecule has 0 fully saturated rings. The normalized spacial score (nSPS) is 12.4. The molecule has 1 aromatic heterocycles. The molecule has 0 bridgehead atoms. The maximum atomic E-state index is 12.2. The highest BCUT2D eigenvalue weighted by atomic mass is 32.2. The standard InChI is InChI=1S/C12H23N3O2S2/c1-6-19(16,17)10-11(13)14-18-12(10)15(9(4)5)7-8(2)3/h8-9H,6-7H2,1-5H3,(H2,13,14). The van der Waals surface area contributed by atoms with E-state index in [-0.39, 0.29) is 22.5 Å². The van der Waals surface area contributed by atoms with Crippen LogP contribution in [-0.2, 0) is 9.84 Å². The highest BCUT2D eigenvalue weighted by Gasteiger charge is 2.28. The van der Waals surface area contributed by atoms with Crippen LogP contribution in [0.5, 0.6) is 0 Å². The Morgan fingerprint density at radius 2 is 1.89 bits per heavy atom. The number of aromatic nitrogens is 1. The summed E-state index contributed by atoms with van der Waals surface area (Å²) in [4.78, 5) is 2.27. The summed E-state index contributed by atoms with van der Waals surface area (Å²) in [5.74, 6) is 0.593. The van der Waals surface area contributed by atoms with Gasteiger partial charge in [0, 0.05) is 12.6 Å². The van der Waals surface area contributed by atoms with Gasteiger partial charge < -0.3 is 10.6 Å². The summed E-state index contributed by atoms with van der Waals surface area (Å²) >= 11 is 1.17. The Labute approximate surface area is 119 Å². The molecule has 0 saturated carbocycles. The van der Waals surface area contributed by atoms with Gasteiger partial charge in [-0.1, -0.05) is 20.8 Å². The maximum absolute atomic E-state index is 12.2. The molecule has 0 atom stereocenters. The predicted octanol–water partition coefficient (Wildman–Crippen LogP) is 2.39. The molecule has 2 N–H and O–H groups in total. The molecule has 5 nitrogen and oxygen atoms in total. The molecule has 1 heterocycles. The average molecular weight is 305 g/mol. The first-order chi connectivity index (χ1) is 8.70. The molecular weight excluding hydrogens is 282 g/mol. The molecular formula is C12H23N3O2S2. The van der Waals surface area contributed by atoms with Crippen molar-refractivity contribution in [3.8, 4) is 0 Å². The predicted molar refractivity (Wildman–Crippen MR) is 81.6 cm³/mol. The molecule has 19 heavy (non-hydrogen) atoms. The van der Waals surface area contributed by atoms with Crippen molar-refractivity contribution < 1.29 is 8.42 Å². The molecule has 0 radical (unpaired) electrons. The smallest absolute Gasteiger partial charge is 0.184 e. The van der Waals surface area contributed by atoms with Crippen LogP contribution in [0, 0.1) is 5.92 Å². The number of hydrogen-bond donors (Lipinski definition) is 1. The Hall–Kier alpha value is -0.820. The van der Waals surface area contributed by atoms with Gasteiger partial charge in [-0.25, -0.2) is 8.42 Å². The molecule has 0 aliphatic rings. The number of nitrogen functional groups attached to an aromatic ring is 1. The monoisotopic (exact) mass is 305 g/mol. The minimum absolute atomic E-state index is 0.0379. The van der Waals surface area contributed by atoms with Crippen LogP contribution in [0.3, 0.4) is 0 Å². The van der Waals surface area contributed by atoms with Gasteiger partial charge in [0.05, 0.1) is 5.75 Å². The Morgan fingerprint density at radius 3 is 2.32 bits per heavy atom. The molecule has 0 saturated heterocycles. The van der Waals surface area contributed by atoms with Gasteiger partial charge in [0.25, 0.3) is 0 Å². The van der Waals surface area contributed by atoms with E-state index in [2.05, 4.69) is 23.1 Å². The van der Waals surface area contributed by atoms with Crippen molar-refractivity contribution in [2.75, 3.05) is 22.9 Å². The molecule has 110 valence electrons. The van der Waals surface area contributed by atoms with Crippen molar-refractivity contribution in [2.24, 2.45) is 5.92 Å². The van der Waals surface area contributed by atoms with Crippen LogP contribution in [0.4, 0.5) is 10.8 Å². The summed E-state index contributed by atoms with van der Waals surface area (Å²) < 4.78 is 28.4. The van der Waals surface area contributed by atoms with E-state index in [0.717, 1.165) is 6.54 Å². The topological polar surface area (TPSA) is 76.3 Å². The highest BCUT2D eigenvalue weighted by Crippen LogP contribution is 2.36. The zero-order chi connectivity index (χ0) is 14.8. The van der Waals surface area contributed by atoms with Crippen LogP contribution in [-0.4, -0.2) is 31.1 Å². The fourth-order valence-electron chi connectivity index (χ4n) is 1.83. The molecule has 7 heteroatoms. The second kappa shape index (κ2) is 6.09. The fraction of sp³-hybridized carbons (Fsp3) is 0.750. The van der Waals surface area contributed by atoms with E-state index >= 15 is 0 Å². The van der Waals surface area contributed by atoms with Crippen molar-refractivity contribution in [3.63, 3.8) is 0 Å². The minimum Gasteiger partial charge on any atom is -0.382 e. The van der Waals surface area contributed by atoms with Crippen LogP contribution < -0.4 is 10.6 Å². The lowest BCUT2D eigenvalue weighted by Crippen LogP contribution is -2.34. The molecule has 0 amide bonds. The summed E-state index contributed by atoms with van der Waals surface area (Å²) in [6, 6.07) is 0.202. The molecule has 0 aliphatic carbocycles. The summed E-state index contributed by atoms with van der Waals surface area (Å²) in [6.07, 6.45) is 0. The first-order valence-electron chi connectivity index (χ1n) is 6.45. The molecule has 0 spiro atoms. The lowest BCUT2D eigenvalue weighted by atomic mass is 10.2. The van der Waals surface area contributed by atoms with Gasteiger partial charge in [0.15, 0.2) is 15.7 Å². The largest absolute Gasteiger partial charge is 0.382 e. The SMILES string of the molecule is CCS(=O)(=O)c1c(N)nsc1N(CC(C)C)C(C)C. The molecule has 0 aliphatic heterocycles. The van der Waals surface area contributed by atoms with E-state index in [1.54, 1.807) is 6.92 Å². The van der Waals surface area contributed by atoms with Crippen molar-refractivity contribution in [2.45, 2.75) is 45.6 Å². The first kappa shape index (κ1) is 16.2. The molecule has 0 unspecified atom stereocenters. The second-order valence-electron chi connectivity index (χ2n) is 5.25. The van der Waals surface area contributed by atoms with E-state index in [0.29, 0.717) is 10.9 Å². The van der Waals surface area contributed by atoms with Crippen LogP contribution in [0.15, 0.2) is 4.90 Å². The van der Waals surface area contributed by atoms with Gasteiger partial charge >= 0.3 is 0 Å². The Bertz CT molecular complexity index is 521. The summed E-state index contributed by atoms with van der Waals surface area (Å²) in [6.45, 7) is 10.7. The quantitative estimate of drug-likeness (QED) is 0.873. The maximum Gasteiger partial charge on any atom is 0.184 e. The van der Waals surface area contributed by atoms with Crippen LogP contribution in [0.2, 0.25) is 0 Å². The zero-order valence-corrected chi connectivity index (χ0v) is 13.8. The van der Waals surface area contributed by atoms with Gasteiger partial charge in [-0.05, 0) is 31.3 Å². The third-order valence-electron chi connectivity index (χ3n) is 2.79. The highest BCUT2D eigenvalue weighted by molar-refractivity contribution is 7.91. The van der Waals surface area contributed by atoms with Crippen molar-refractivity contribution in [1.29, 1.82) is 0 Å². The molecule has 1 aromatic rings. The van der Waals surface area contributed by atoms with E-state index in [1.165, 1.54) is 11.5 Å². The van der Waals surface area contributed by atoms with Gasteiger partial charge in [-0.3, -0.25) is 0 Å². The number of hydrogen-bond acceptors (Lipinski definition) is 6. The Morgan fingerprint density at radius 1 is 1.32 bits per heavy atom. The Balaban J connectivity index is 3.33.